The summed E-state index contributed by atoms with van der Waals surface area (Å²) in [6.07, 6.45) is 0. The molecule has 2 rings (SSSR count). The maximum absolute atomic E-state index is 12.6. The first-order valence-electron chi connectivity index (χ1n) is 8.19. The highest BCUT2D eigenvalue weighted by Gasteiger charge is 2.38. The molecule has 0 amide bonds. The normalized spacial score (nSPS) is 16.4. The molecule has 1 aliphatic rings. The number of rotatable bonds is 6. The number of nitrogens with zero attached hydrogens (tertiary/aromatic N) is 1. The standard InChI is InChI=1S/C19H22N2O6/c1-6-26-19(22)14-10(2)27-18(21)12(9-20)15(14)11-7-8-13(23-3)17(25-5)16(11)24-4/h7-8,15H,6,21H2,1-5H3/t15-/m1/s1. The number of ether oxygens (including phenoxy) is 5. The molecule has 1 aliphatic heterocycles. The minimum absolute atomic E-state index is 0.0779. The smallest absolute Gasteiger partial charge is 0.338 e. The lowest BCUT2D eigenvalue weighted by atomic mass is 9.82. The van der Waals surface area contributed by atoms with Gasteiger partial charge in [-0.1, -0.05) is 6.07 Å². The second-order valence-corrected chi connectivity index (χ2v) is 5.54. The number of esters is 1. The van der Waals surface area contributed by atoms with Gasteiger partial charge in [-0.3, -0.25) is 0 Å². The van der Waals surface area contributed by atoms with Crippen molar-refractivity contribution in [2.75, 3.05) is 27.9 Å². The molecule has 0 unspecified atom stereocenters. The Morgan fingerprint density at radius 2 is 1.89 bits per heavy atom. The highest BCUT2D eigenvalue weighted by molar-refractivity contribution is 5.93. The van der Waals surface area contributed by atoms with Gasteiger partial charge in [-0.15, -0.1) is 0 Å². The Morgan fingerprint density at radius 1 is 1.22 bits per heavy atom. The van der Waals surface area contributed by atoms with E-state index in [0.29, 0.717) is 22.8 Å². The van der Waals surface area contributed by atoms with Gasteiger partial charge in [-0.05, 0) is 19.9 Å². The van der Waals surface area contributed by atoms with Crippen molar-refractivity contribution < 1.29 is 28.5 Å². The molecule has 0 radical (unpaired) electrons. The number of nitrogens with two attached hydrogens (primary N) is 1. The Bertz CT molecular complexity index is 850. The van der Waals surface area contributed by atoms with E-state index in [0.717, 1.165) is 0 Å². The molecule has 8 heteroatoms. The molecule has 8 nitrogen and oxygen atoms in total. The largest absolute Gasteiger partial charge is 0.493 e. The van der Waals surface area contributed by atoms with Crippen LogP contribution in [-0.4, -0.2) is 33.9 Å². The Kier molecular flexibility index (Phi) is 6.19. The van der Waals surface area contributed by atoms with E-state index in [1.807, 2.05) is 6.07 Å². The molecule has 144 valence electrons. The molecule has 0 spiro atoms. The number of methoxy groups -OCH3 is 3. The topological polar surface area (TPSA) is 113 Å². The highest BCUT2D eigenvalue weighted by atomic mass is 16.5. The molecule has 0 saturated carbocycles. The van der Waals surface area contributed by atoms with Crippen molar-refractivity contribution in [3.8, 4) is 23.3 Å². The summed E-state index contributed by atoms with van der Waals surface area (Å²) in [4.78, 5) is 12.6. The lowest BCUT2D eigenvalue weighted by Crippen LogP contribution is -2.26. The predicted octanol–water partition coefficient (Wildman–Crippen LogP) is 2.36. The fraction of sp³-hybridized carbons (Fsp3) is 0.368. The van der Waals surface area contributed by atoms with E-state index >= 15 is 0 Å². The Balaban J connectivity index is 2.79. The van der Waals surface area contributed by atoms with E-state index in [9.17, 15) is 10.1 Å². The predicted molar refractivity (Wildman–Crippen MR) is 96.1 cm³/mol. The summed E-state index contributed by atoms with van der Waals surface area (Å²) in [5.41, 5.74) is 6.67. The van der Waals surface area contributed by atoms with Gasteiger partial charge >= 0.3 is 5.97 Å². The van der Waals surface area contributed by atoms with E-state index in [2.05, 4.69) is 0 Å². The van der Waals surface area contributed by atoms with Gasteiger partial charge in [-0.2, -0.15) is 5.26 Å². The number of carbonyl (C=O) groups is 1. The van der Waals surface area contributed by atoms with Crippen molar-refractivity contribution in [2.24, 2.45) is 5.73 Å². The first-order chi connectivity index (χ1) is 12.9. The van der Waals surface area contributed by atoms with Crippen LogP contribution in [0.5, 0.6) is 17.2 Å². The second-order valence-electron chi connectivity index (χ2n) is 5.54. The van der Waals surface area contributed by atoms with Crippen molar-refractivity contribution in [2.45, 2.75) is 19.8 Å². The molecule has 0 saturated heterocycles. The van der Waals surface area contributed by atoms with E-state index in [-0.39, 0.29) is 29.4 Å². The van der Waals surface area contributed by atoms with E-state index in [1.54, 1.807) is 26.0 Å². The summed E-state index contributed by atoms with van der Waals surface area (Å²) in [6.45, 7) is 3.46. The molecule has 1 atom stereocenters. The Labute approximate surface area is 157 Å². The fourth-order valence-electron chi connectivity index (χ4n) is 3.02. The summed E-state index contributed by atoms with van der Waals surface area (Å²) in [7, 11) is 4.43. The second kappa shape index (κ2) is 8.36. The Hall–Kier alpha value is -3.34. The lowest BCUT2D eigenvalue weighted by molar-refractivity contribution is -0.139. The zero-order valence-electron chi connectivity index (χ0n) is 15.9. The van der Waals surface area contributed by atoms with Crippen molar-refractivity contribution in [1.82, 2.24) is 0 Å². The van der Waals surface area contributed by atoms with Gasteiger partial charge in [0, 0.05) is 5.56 Å². The number of hydrogen-bond donors (Lipinski definition) is 1. The average molecular weight is 374 g/mol. The minimum atomic E-state index is -0.836. The van der Waals surface area contributed by atoms with E-state index in [4.69, 9.17) is 29.4 Å². The molecule has 1 heterocycles. The van der Waals surface area contributed by atoms with Crippen LogP contribution in [-0.2, 0) is 14.3 Å². The summed E-state index contributed by atoms with van der Waals surface area (Å²) in [6, 6.07) is 5.38. The van der Waals surface area contributed by atoms with Crippen LogP contribution in [0.25, 0.3) is 0 Å². The maximum atomic E-state index is 12.6. The molecule has 0 aliphatic carbocycles. The van der Waals surface area contributed by atoms with Crippen molar-refractivity contribution in [1.29, 1.82) is 5.26 Å². The average Bonchev–Trinajstić information content (AvgIpc) is 2.66. The third-order valence-electron chi connectivity index (χ3n) is 4.15. The third kappa shape index (κ3) is 3.49. The zero-order chi connectivity index (χ0) is 20.1. The number of nitriles is 1. The molecule has 0 bridgehead atoms. The van der Waals surface area contributed by atoms with Crippen LogP contribution in [0.15, 0.2) is 34.9 Å². The minimum Gasteiger partial charge on any atom is -0.493 e. The first kappa shape index (κ1) is 20.0. The van der Waals surface area contributed by atoms with Gasteiger partial charge in [0.05, 0.1) is 39.4 Å². The molecular formula is C19H22N2O6. The summed E-state index contributed by atoms with van der Waals surface area (Å²) in [5.74, 6) is -0.162. The number of hydrogen-bond acceptors (Lipinski definition) is 8. The molecule has 1 aromatic carbocycles. The first-order valence-corrected chi connectivity index (χ1v) is 8.19. The monoisotopic (exact) mass is 374 g/mol. The summed E-state index contributed by atoms with van der Waals surface area (Å²) < 4.78 is 26.8. The number of allylic oxidation sites excluding steroid dienone is 2. The van der Waals surface area contributed by atoms with Crippen LogP contribution < -0.4 is 19.9 Å². The maximum Gasteiger partial charge on any atom is 0.338 e. The van der Waals surface area contributed by atoms with E-state index < -0.39 is 11.9 Å². The summed E-state index contributed by atoms with van der Waals surface area (Å²) >= 11 is 0. The fourth-order valence-corrected chi connectivity index (χ4v) is 3.02. The molecule has 2 N–H and O–H groups in total. The van der Waals surface area contributed by atoms with Crippen LogP contribution in [0, 0.1) is 11.3 Å². The molecule has 27 heavy (non-hydrogen) atoms. The highest BCUT2D eigenvalue weighted by Crippen LogP contribution is 2.48. The van der Waals surface area contributed by atoms with Gasteiger partial charge < -0.3 is 29.4 Å². The van der Waals surface area contributed by atoms with Gasteiger partial charge in [0.2, 0.25) is 11.6 Å². The SMILES string of the molecule is CCOC(=O)C1=C(C)OC(N)=C(C#N)[C@H]1c1ccc(OC)c(OC)c1OC. The van der Waals surface area contributed by atoms with Gasteiger partial charge in [-0.25, -0.2) is 4.79 Å². The van der Waals surface area contributed by atoms with Crippen molar-refractivity contribution in [3.05, 3.63) is 40.5 Å². The molecule has 0 fully saturated rings. The van der Waals surface area contributed by atoms with Crippen molar-refractivity contribution in [3.63, 3.8) is 0 Å². The quantitative estimate of drug-likeness (QED) is 0.755. The van der Waals surface area contributed by atoms with Crippen LogP contribution in [0.1, 0.15) is 25.3 Å². The van der Waals surface area contributed by atoms with Crippen LogP contribution in [0.4, 0.5) is 0 Å². The van der Waals surface area contributed by atoms with Gasteiger partial charge in [0.1, 0.15) is 17.4 Å². The molecule has 1 aromatic rings. The number of benzene rings is 1. The third-order valence-corrected chi connectivity index (χ3v) is 4.15. The van der Waals surface area contributed by atoms with Crippen molar-refractivity contribution >= 4 is 5.97 Å². The van der Waals surface area contributed by atoms with Gasteiger partial charge in [0.15, 0.2) is 11.5 Å². The summed E-state index contributed by atoms with van der Waals surface area (Å²) in [5, 5.41) is 9.66. The van der Waals surface area contributed by atoms with Crippen LogP contribution in [0.2, 0.25) is 0 Å². The van der Waals surface area contributed by atoms with Crippen LogP contribution in [0.3, 0.4) is 0 Å². The molecular weight excluding hydrogens is 352 g/mol. The van der Waals surface area contributed by atoms with Gasteiger partial charge in [0.25, 0.3) is 0 Å². The van der Waals surface area contributed by atoms with E-state index in [1.165, 1.54) is 21.3 Å². The molecule has 0 aromatic heterocycles. The Morgan fingerprint density at radius 3 is 2.41 bits per heavy atom. The zero-order valence-corrected chi connectivity index (χ0v) is 15.9. The van der Waals surface area contributed by atoms with Crippen LogP contribution >= 0.6 is 0 Å². The lowest BCUT2D eigenvalue weighted by Gasteiger charge is -2.28. The number of carbonyl (C=O) groups excluding carboxylic acids is 1.